The van der Waals surface area contributed by atoms with Gasteiger partial charge in [-0.1, -0.05) is 46.4 Å². The van der Waals surface area contributed by atoms with E-state index in [0.29, 0.717) is 0 Å². The van der Waals surface area contributed by atoms with Crippen molar-refractivity contribution in [1.29, 1.82) is 0 Å². The highest BCUT2D eigenvalue weighted by molar-refractivity contribution is 6.68. The summed E-state index contributed by atoms with van der Waals surface area (Å²) >= 11 is 48.4. The summed E-state index contributed by atoms with van der Waals surface area (Å²) in [5, 5.41) is -1.37. The van der Waals surface area contributed by atoms with Crippen molar-refractivity contribution < 1.29 is 0 Å². The molecule has 0 saturated heterocycles. The normalized spacial score (nSPS) is 52.8. The quantitative estimate of drug-likeness (QED) is 0.524. The highest BCUT2D eigenvalue weighted by Gasteiger charge is 2.83. The van der Waals surface area contributed by atoms with Gasteiger partial charge in [-0.15, -0.1) is 46.4 Å². The summed E-state index contributed by atoms with van der Waals surface area (Å²) in [5.74, 6) is 0. The molecule has 2 aliphatic carbocycles. The van der Waals surface area contributed by atoms with Gasteiger partial charge in [-0.2, -0.15) is 0 Å². The first-order valence-electron chi connectivity index (χ1n) is 3.73. The molecule has 0 aromatic carbocycles. The molecule has 0 heterocycles. The third kappa shape index (κ3) is 1.17. The zero-order chi connectivity index (χ0) is 11.8. The van der Waals surface area contributed by atoms with Gasteiger partial charge in [0, 0.05) is 0 Å². The second-order valence-electron chi connectivity index (χ2n) is 3.43. The Morgan fingerprint density at radius 2 is 1.27 bits per heavy atom. The highest BCUT2D eigenvalue weighted by atomic mass is 35.5. The lowest BCUT2D eigenvalue weighted by molar-refractivity contribution is 0.315. The van der Waals surface area contributed by atoms with Crippen LogP contribution >= 0.6 is 92.8 Å². The van der Waals surface area contributed by atoms with E-state index < -0.39 is 24.8 Å². The topological polar surface area (TPSA) is 0 Å². The fraction of sp³-hybridized carbons (Fsp3) is 0.714. The first-order valence-corrected chi connectivity index (χ1v) is 6.87. The minimum atomic E-state index is -1.63. The van der Waals surface area contributed by atoms with Crippen molar-refractivity contribution in [3.05, 3.63) is 10.1 Å². The molecule has 0 spiro atoms. The maximum Gasteiger partial charge on any atom is 0.177 e. The number of hydrogen-bond acceptors (Lipinski definition) is 0. The van der Waals surface area contributed by atoms with E-state index in [-0.39, 0.29) is 10.1 Å². The number of alkyl halides is 6. The Balaban J connectivity index is 2.64. The Labute approximate surface area is 127 Å². The van der Waals surface area contributed by atoms with Gasteiger partial charge in [-0.05, 0) is 0 Å². The van der Waals surface area contributed by atoms with E-state index >= 15 is 0 Å². The van der Waals surface area contributed by atoms with E-state index in [1.165, 1.54) is 0 Å². The fourth-order valence-corrected chi connectivity index (χ4v) is 5.93. The van der Waals surface area contributed by atoms with Gasteiger partial charge in [-0.3, -0.25) is 0 Å². The van der Waals surface area contributed by atoms with Crippen LogP contribution < -0.4 is 0 Å². The number of rotatable bonds is 0. The predicted octanol–water partition coefficient (Wildman–Crippen LogP) is 5.05. The summed E-state index contributed by atoms with van der Waals surface area (Å²) in [6, 6.07) is 0. The van der Waals surface area contributed by atoms with Crippen LogP contribution in [0, 0.1) is 0 Å². The van der Waals surface area contributed by atoms with Crippen LogP contribution in [0.15, 0.2) is 10.1 Å². The second-order valence-corrected chi connectivity index (χ2v) is 7.65. The molecular weight excluding hydrogens is 368 g/mol. The lowest BCUT2D eigenvalue weighted by atomic mass is 9.72. The Kier molecular flexibility index (Phi) is 3.19. The van der Waals surface area contributed by atoms with Crippen molar-refractivity contribution in [2.24, 2.45) is 0 Å². The van der Waals surface area contributed by atoms with Crippen LogP contribution in [0.5, 0.6) is 0 Å². The van der Waals surface area contributed by atoms with Crippen LogP contribution in [0.4, 0.5) is 0 Å². The van der Waals surface area contributed by atoms with Crippen molar-refractivity contribution in [1.82, 2.24) is 0 Å². The average Bonchev–Trinajstić information content (AvgIpc) is 2.29. The Hall–Kier alpha value is 2.06. The molecule has 1 saturated carbocycles. The SMILES string of the molecule is ClC1=C(Cl)C2(Cl)C(Cl)C(Cl)C2(Cl)C1(Cl)Cl. The molecule has 0 aliphatic heterocycles. The maximum atomic E-state index is 6.25. The molecule has 0 bridgehead atoms. The molecule has 4 atom stereocenters. The van der Waals surface area contributed by atoms with Gasteiger partial charge in [0.1, 0.15) is 9.75 Å². The molecule has 2 rings (SSSR count). The summed E-state index contributed by atoms with van der Waals surface area (Å²) in [7, 11) is 0. The van der Waals surface area contributed by atoms with E-state index in [1.807, 2.05) is 0 Å². The standard InChI is InChI=1S/C7H2Cl8/c8-1-3(10)6(13)5(1,12)2(9)4(11)7(6,14)15/h1,3H. The van der Waals surface area contributed by atoms with Crippen LogP contribution in [0.2, 0.25) is 0 Å². The van der Waals surface area contributed by atoms with Gasteiger partial charge in [0.2, 0.25) is 0 Å². The molecule has 86 valence electrons. The minimum Gasteiger partial charge on any atom is -0.119 e. The number of halogens is 8. The van der Waals surface area contributed by atoms with Gasteiger partial charge in [-0.25, -0.2) is 0 Å². The van der Waals surface area contributed by atoms with Crippen molar-refractivity contribution in [2.45, 2.75) is 24.8 Å². The molecule has 8 heteroatoms. The molecular formula is C7H2Cl8. The molecule has 0 radical (unpaired) electrons. The van der Waals surface area contributed by atoms with Crippen molar-refractivity contribution in [2.75, 3.05) is 0 Å². The minimum absolute atomic E-state index is 0.0219. The smallest absolute Gasteiger partial charge is 0.119 e. The van der Waals surface area contributed by atoms with E-state index in [0.717, 1.165) is 0 Å². The zero-order valence-corrected chi connectivity index (χ0v) is 12.7. The Morgan fingerprint density at radius 3 is 1.67 bits per heavy atom. The zero-order valence-electron chi connectivity index (χ0n) is 6.68. The van der Waals surface area contributed by atoms with Gasteiger partial charge in [0.15, 0.2) is 4.33 Å². The third-order valence-electron chi connectivity index (χ3n) is 2.79. The highest BCUT2D eigenvalue weighted by Crippen LogP contribution is 2.74. The Morgan fingerprint density at radius 1 is 0.800 bits per heavy atom. The fourth-order valence-electron chi connectivity index (χ4n) is 1.85. The van der Waals surface area contributed by atoms with Crippen molar-refractivity contribution >= 4 is 92.8 Å². The average molecular weight is 370 g/mol. The van der Waals surface area contributed by atoms with Crippen molar-refractivity contribution in [3.8, 4) is 0 Å². The first-order chi connectivity index (χ1) is 6.63. The van der Waals surface area contributed by atoms with E-state index in [1.54, 1.807) is 0 Å². The lowest BCUT2D eigenvalue weighted by Crippen LogP contribution is -2.75. The molecule has 0 aromatic heterocycles. The molecule has 0 nitrogen and oxygen atoms in total. The monoisotopic (exact) mass is 366 g/mol. The van der Waals surface area contributed by atoms with Crippen LogP contribution in [0.3, 0.4) is 0 Å². The lowest BCUT2D eigenvalue weighted by Gasteiger charge is -2.58. The first kappa shape index (κ1) is 13.5. The molecule has 0 aromatic rings. The number of allylic oxidation sites excluding steroid dienone is 2. The van der Waals surface area contributed by atoms with Gasteiger partial charge >= 0.3 is 0 Å². The summed E-state index contributed by atoms with van der Waals surface area (Å²) in [6.07, 6.45) is 0. The second kappa shape index (κ2) is 3.54. The summed E-state index contributed by atoms with van der Waals surface area (Å²) in [6.45, 7) is 0. The number of fused-ring (bicyclic) bond motifs is 1. The van der Waals surface area contributed by atoms with E-state index in [9.17, 15) is 0 Å². The van der Waals surface area contributed by atoms with Crippen LogP contribution in [0.25, 0.3) is 0 Å². The molecule has 1 fully saturated rings. The largest absolute Gasteiger partial charge is 0.177 e. The summed E-state index contributed by atoms with van der Waals surface area (Å²) in [4.78, 5) is -2.71. The van der Waals surface area contributed by atoms with E-state index in [2.05, 4.69) is 0 Å². The molecule has 4 unspecified atom stereocenters. The number of hydrogen-bond donors (Lipinski definition) is 0. The molecule has 15 heavy (non-hydrogen) atoms. The van der Waals surface area contributed by atoms with Gasteiger partial charge in [0.05, 0.1) is 20.8 Å². The summed E-state index contributed by atoms with van der Waals surface area (Å²) in [5.41, 5.74) is 0. The van der Waals surface area contributed by atoms with Gasteiger partial charge in [0.25, 0.3) is 0 Å². The molecule has 0 N–H and O–H groups in total. The molecule has 0 amide bonds. The van der Waals surface area contributed by atoms with Crippen molar-refractivity contribution in [3.63, 3.8) is 0 Å². The summed E-state index contributed by atoms with van der Waals surface area (Å²) < 4.78 is -1.63. The third-order valence-corrected chi connectivity index (χ3v) is 8.45. The molecule has 2 aliphatic rings. The predicted molar refractivity (Wildman–Crippen MR) is 69.6 cm³/mol. The van der Waals surface area contributed by atoms with Crippen LogP contribution in [-0.2, 0) is 0 Å². The maximum absolute atomic E-state index is 6.25. The van der Waals surface area contributed by atoms with Crippen LogP contribution in [0.1, 0.15) is 0 Å². The van der Waals surface area contributed by atoms with Gasteiger partial charge < -0.3 is 0 Å². The Bertz CT molecular complexity index is 362. The van der Waals surface area contributed by atoms with E-state index in [4.69, 9.17) is 92.8 Å². The van der Waals surface area contributed by atoms with Crippen LogP contribution in [-0.4, -0.2) is 24.8 Å².